The van der Waals surface area contributed by atoms with Crippen molar-refractivity contribution in [3.05, 3.63) is 29.8 Å². The van der Waals surface area contributed by atoms with Gasteiger partial charge in [0.1, 0.15) is 5.60 Å². The topological polar surface area (TPSA) is 96.0 Å². The maximum Gasteiger partial charge on any atom is 0.410 e. The Morgan fingerprint density at radius 1 is 0.970 bits per heavy atom. The number of hydrogen-bond acceptors (Lipinski definition) is 5. The zero-order valence-electron chi connectivity index (χ0n) is 20.0. The summed E-state index contributed by atoms with van der Waals surface area (Å²) in [7, 11) is -3.66. The first-order valence-corrected chi connectivity index (χ1v) is 13.4. The molecule has 33 heavy (non-hydrogen) atoms. The van der Waals surface area contributed by atoms with Crippen molar-refractivity contribution >= 4 is 22.0 Å². The quantitative estimate of drug-likeness (QED) is 0.674. The molecule has 9 heteroatoms. The van der Waals surface area contributed by atoms with Gasteiger partial charge in [-0.05, 0) is 57.2 Å². The minimum Gasteiger partial charge on any atom is -0.444 e. The summed E-state index contributed by atoms with van der Waals surface area (Å²) in [5.41, 5.74) is 0.645. The maximum atomic E-state index is 12.6. The van der Waals surface area contributed by atoms with Crippen LogP contribution in [0.25, 0.3) is 0 Å². The molecule has 0 unspecified atom stereocenters. The summed E-state index contributed by atoms with van der Waals surface area (Å²) in [6.45, 7) is 7.11. The third-order valence-corrected chi connectivity index (χ3v) is 7.66. The van der Waals surface area contributed by atoms with Gasteiger partial charge in [-0.15, -0.1) is 0 Å². The van der Waals surface area contributed by atoms with Crippen LogP contribution in [0.5, 0.6) is 0 Å². The zero-order valence-corrected chi connectivity index (χ0v) is 20.8. The van der Waals surface area contributed by atoms with Crippen molar-refractivity contribution in [3.8, 4) is 0 Å². The number of ether oxygens (including phenoxy) is 1. The van der Waals surface area contributed by atoms with Crippen LogP contribution in [-0.4, -0.2) is 68.5 Å². The highest BCUT2D eigenvalue weighted by molar-refractivity contribution is 7.89. The van der Waals surface area contributed by atoms with Crippen molar-refractivity contribution in [2.75, 3.05) is 32.7 Å². The Morgan fingerprint density at radius 2 is 1.55 bits per heavy atom. The van der Waals surface area contributed by atoms with E-state index in [4.69, 9.17) is 4.74 Å². The molecular weight excluding hydrogens is 442 g/mol. The molecule has 1 aliphatic heterocycles. The standard InChI is InChI=1S/C24H37N3O5S/c1-24(2,3)32-23(29)27-17-15-26(16-18-27)22(28)13-14-25-33(30,31)21-11-9-20(10-12-21)19-7-5-4-6-8-19/h9-12,19,25H,4-8,13-18H2,1-3H3. The van der Waals surface area contributed by atoms with Gasteiger partial charge in [0.15, 0.2) is 0 Å². The normalized spacial score (nSPS) is 18.3. The van der Waals surface area contributed by atoms with Crippen LogP contribution in [0.4, 0.5) is 4.79 Å². The second kappa shape index (κ2) is 10.9. The molecule has 2 aliphatic rings. The summed E-state index contributed by atoms with van der Waals surface area (Å²) in [5.74, 6) is 0.394. The number of amides is 2. The lowest BCUT2D eigenvalue weighted by atomic mass is 9.84. The van der Waals surface area contributed by atoms with Crippen LogP contribution >= 0.6 is 0 Å². The van der Waals surface area contributed by atoms with E-state index in [1.807, 2.05) is 32.9 Å². The second-order valence-corrected chi connectivity index (χ2v) is 11.7. The second-order valence-electron chi connectivity index (χ2n) is 9.90. The van der Waals surface area contributed by atoms with E-state index in [1.165, 1.54) is 37.7 Å². The van der Waals surface area contributed by atoms with E-state index in [-0.39, 0.29) is 29.9 Å². The third kappa shape index (κ3) is 7.43. The number of carbonyl (C=O) groups is 2. The Hall–Kier alpha value is -2.13. The highest BCUT2D eigenvalue weighted by Crippen LogP contribution is 2.32. The van der Waals surface area contributed by atoms with Gasteiger partial charge in [-0.25, -0.2) is 17.9 Å². The molecule has 1 N–H and O–H groups in total. The molecule has 1 heterocycles. The van der Waals surface area contributed by atoms with Crippen molar-refractivity contribution in [2.45, 2.75) is 75.7 Å². The third-order valence-electron chi connectivity index (χ3n) is 6.18. The van der Waals surface area contributed by atoms with E-state index in [0.29, 0.717) is 32.1 Å². The molecule has 0 bridgehead atoms. The van der Waals surface area contributed by atoms with Crippen LogP contribution in [-0.2, 0) is 19.6 Å². The monoisotopic (exact) mass is 479 g/mol. The fourth-order valence-corrected chi connectivity index (χ4v) is 5.39. The Kier molecular flexibility index (Phi) is 8.39. The Balaban J connectivity index is 1.43. The predicted molar refractivity (Wildman–Crippen MR) is 126 cm³/mol. The van der Waals surface area contributed by atoms with E-state index in [2.05, 4.69) is 4.72 Å². The molecule has 2 fully saturated rings. The molecule has 2 amide bonds. The molecule has 1 saturated heterocycles. The van der Waals surface area contributed by atoms with E-state index in [9.17, 15) is 18.0 Å². The molecule has 1 aromatic rings. The molecule has 0 radical (unpaired) electrons. The first-order chi connectivity index (χ1) is 15.5. The number of nitrogens with one attached hydrogen (secondary N) is 1. The van der Waals surface area contributed by atoms with Crippen molar-refractivity contribution < 1.29 is 22.7 Å². The Bertz CT molecular complexity index is 910. The van der Waals surface area contributed by atoms with Crippen LogP contribution in [0.3, 0.4) is 0 Å². The molecule has 1 aromatic carbocycles. The summed E-state index contributed by atoms with van der Waals surface area (Å²) >= 11 is 0. The van der Waals surface area contributed by atoms with Gasteiger partial charge in [0.05, 0.1) is 4.90 Å². The molecule has 0 spiro atoms. The van der Waals surface area contributed by atoms with Crippen LogP contribution in [0.15, 0.2) is 29.2 Å². The average Bonchev–Trinajstić information content (AvgIpc) is 2.78. The van der Waals surface area contributed by atoms with Crippen molar-refractivity contribution in [1.29, 1.82) is 0 Å². The number of hydrogen-bond donors (Lipinski definition) is 1. The van der Waals surface area contributed by atoms with Gasteiger partial charge in [-0.3, -0.25) is 4.79 Å². The lowest BCUT2D eigenvalue weighted by Gasteiger charge is -2.35. The first kappa shape index (κ1) is 25.5. The summed E-state index contributed by atoms with van der Waals surface area (Å²) in [6, 6.07) is 7.15. The smallest absolute Gasteiger partial charge is 0.410 e. The highest BCUT2D eigenvalue weighted by atomic mass is 32.2. The van der Waals surface area contributed by atoms with Crippen molar-refractivity contribution in [2.24, 2.45) is 0 Å². The lowest BCUT2D eigenvalue weighted by Crippen LogP contribution is -2.52. The fourth-order valence-electron chi connectivity index (χ4n) is 4.35. The number of benzene rings is 1. The van der Waals surface area contributed by atoms with Gasteiger partial charge in [-0.2, -0.15) is 0 Å². The zero-order chi connectivity index (χ0) is 24.1. The summed E-state index contributed by atoms with van der Waals surface area (Å²) < 4.78 is 33.1. The Labute approximate surface area is 197 Å². The van der Waals surface area contributed by atoms with Crippen LogP contribution in [0.1, 0.15) is 70.8 Å². The van der Waals surface area contributed by atoms with Gasteiger partial charge < -0.3 is 14.5 Å². The van der Waals surface area contributed by atoms with E-state index in [0.717, 1.165) is 0 Å². The maximum absolute atomic E-state index is 12.6. The average molecular weight is 480 g/mol. The molecule has 1 saturated carbocycles. The summed E-state index contributed by atoms with van der Waals surface area (Å²) in [5, 5.41) is 0. The Morgan fingerprint density at radius 3 is 2.12 bits per heavy atom. The van der Waals surface area contributed by atoms with Gasteiger partial charge in [0.25, 0.3) is 0 Å². The van der Waals surface area contributed by atoms with Crippen LogP contribution in [0, 0.1) is 0 Å². The summed E-state index contributed by atoms with van der Waals surface area (Å²) in [6.07, 6.45) is 5.78. The van der Waals surface area contributed by atoms with Gasteiger partial charge in [-0.1, -0.05) is 31.4 Å². The SMILES string of the molecule is CC(C)(C)OC(=O)N1CCN(C(=O)CCNS(=O)(=O)c2ccc(C3CCCCC3)cc2)CC1. The summed E-state index contributed by atoms with van der Waals surface area (Å²) in [4.78, 5) is 28.1. The van der Waals surface area contributed by atoms with Gasteiger partial charge in [0.2, 0.25) is 15.9 Å². The van der Waals surface area contributed by atoms with E-state index in [1.54, 1.807) is 21.9 Å². The highest BCUT2D eigenvalue weighted by Gasteiger charge is 2.27. The van der Waals surface area contributed by atoms with Crippen LogP contribution < -0.4 is 4.72 Å². The number of nitrogens with zero attached hydrogens (tertiary/aromatic N) is 2. The minimum atomic E-state index is -3.66. The van der Waals surface area contributed by atoms with Gasteiger partial charge in [0, 0.05) is 39.1 Å². The van der Waals surface area contributed by atoms with Gasteiger partial charge >= 0.3 is 6.09 Å². The fraction of sp³-hybridized carbons (Fsp3) is 0.667. The number of sulfonamides is 1. The van der Waals surface area contributed by atoms with E-state index < -0.39 is 15.6 Å². The molecule has 8 nitrogen and oxygen atoms in total. The lowest BCUT2D eigenvalue weighted by molar-refractivity contribution is -0.132. The molecule has 184 valence electrons. The number of rotatable bonds is 6. The molecule has 0 aromatic heterocycles. The molecule has 1 aliphatic carbocycles. The molecule has 0 atom stereocenters. The molecule has 3 rings (SSSR count). The minimum absolute atomic E-state index is 0.0395. The number of piperazine rings is 1. The predicted octanol–water partition coefficient (Wildman–Crippen LogP) is 3.48. The van der Waals surface area contributed by atoms with Crippen molar-refractivity contribution in [1.82, 2.24) is 14.5 Å². The number of carbonyl (C=O) groups excluding carboxylic acids is 2. The first-order valence-electron chi connectivity index (χ1n) is 11.9. The van der Waals surface area contributed by atoms with Crippen molar-refractivity contribution in [3.63, 3.8) is 0 Å². The molecular formula is C24H37N3O5S. The van der Waals surface area contributed by atoms with Crippen LogP contribution in [0.2, 0.25) is 0 Å². The largest absolute Gasteiger partial charge is 0.444 e. The van der Waals surface area contributed by atoms with E-state index >= 15 is 0 Å².